The third-order valence-electron chi connectivity index (χ3n) is 3.27. The summed E-state index contributed by atoms with van der Waals surface area (Å²) in [4.78, 5) is 0. The number of benzene rings is 1. The smallest absolute Gasteiger partial charge is 0.0281 e. The van der Waals surface area contributed by atoms with E-state index in [2.05, 4.69) is 53.4 Å². The molecular formula is C16H22N2. The van der Waals surface area contributed by atoms with E-state index >= 15 is 0 Å². The Labute approximate surface area is 109 Å². The van der Waals surface area contributed by atoms with Crippen molar-refractivity contribution in [3.63, 3.8) is 0 Å². The van der Waals surface area contributed by atoms with Gasteiger partial charge in [-0.25, -0.2) is 0 Å². The summed E-state index contributed by atoms with van der Waals surface area (Å²) in [5, 5.41) is 0. The highest BCUT2D eigenvalue weighted by atomic mass is 14.9. The zero-order chi connectivity index (χ0) is 12.8. The maximum absolute atomic E-state index is 5.84. The average molecular weight is 242 g/mol. The van der Waals surface area contributed by atoms with Crippen LogP contribution in [-0.4, -0.2) is 4.57 Å². The molecule has 1 aromatic heterocycles. The van der Waals surface area contributed by atoms with Gasteiger partial charge in [-0.05, 0) is 43.4 Å². The van der Waals surface area contributed by atoms with Crippen LogP contribution in [0.3, 0.4) is 0 Å². The molecule has 18 heavy (non-hydrogen) atoms. The van der Waals surface area contributed by atoms with Gasteiger partial charge in [-0.2, -0.15) is 0 Å². The molecule has 2 heteroatoms. The van der Waals surface area contributed by atoms with E-state index in [1.807, 2.05) is 6.92 Å². The van der Waals surface area contributed by atoms with E-state index < -0.39 is 0 Å². The van der Waals surface area contributed by atoms with E-state index in [0.717, 1.165) is 6.54 Å². The summed E-state index contributed by atoms with van der Waals surface area (Å²) in [7, 11) is 0. The normalized spacial score (nSPS) is 12.6. The lowest BCUT2D eigenvalue weighted by Gasteiger charge is -2.04. The SMILES string of the molecule is CC(N)c1ccn(CCCCc2ccccc2)c1. The summed E-state index contributed by atoms with van der Waals surface area (Å²) < 4.78 is 2.24. The molecule has 2 N–H and O–H groups in total. The third-order valence-corrected chi connectivity index (χ3v) is 3.27. The molecule has 0 radical (unpaired) electrons. The minimum absolute atomic E-state index is 0.135. The van der Waals surface area contributed by atoms with E-state index in [1.165, 1.54) is 30.4 Å². The fourth-order valence-corrected chi connectivity index (χ4v) is 2.14. The van der Waals surface area contributed by atoms with E-state index in [4.69, 9.17) is 5.73 Å². The zero-order valence-corrected chi connectivity index (χ0v) is 11.0. The van der Waals surface area contributed by atoms with Crippen LogP contribution < -0.4 is 5.73 Å². The molecule has 0 aliphatic rings. The molecule has 1 unspecified atom stereocenters. The van der Waals surface area contributed by atoms with E-state index in [0.29, 0.717) is 0 Å². The van der Waals surface area contributed by atoms with Gasteiger partial charge in [0.05, 0.1) is 0 Å². The second kappa shape index (κ2) is 6.41. The Bertz CT molecular complexity index is 457. The number of unbranched alkanes of at least 4 members (excludes halogenated alkanes) is 1. The number of hydrogen-bond acceptors (Lipinski definition) is 1. The topological polar surface area (TPSA) is 30.9 Å². The minimum atomic E-state index is 0.135. The van der Waals surface area contributed by atoms with Crippen LogP contribution in [-0.2, 0) is 13.0 Å². The van der Waals surface area contributed by atoms with E-state index in [9.17, 15) is 0 Å². The molecule has 2 rings (SSSR count). The van der Waals surface area contributed by atoms with Gasteiger partial charge in [0.15, 0.2) is 0 Å². The van der Waals surface area contributed by atoms with Gasteiger partial charge in [-0.15, -0.1) is 0 Å². The maximum atomic E-state index is 5.84. The second-order valence-electron chi connectivity index (χ2n) is 4.91. The van der Waals surface area contributed by atoms with Crippen molar-refractivity contribution >= 4 is 0 Å². The summed E-state index contributed by atoms with van der Waals surface area (Å²) in [6.45, 7) is 3.11. The monoisotopic (exact) mass is 242 g/mol. The molecular weight excluding hydrogens is 220 g/mol. The van der Waals surface area contributed by atoms with Gasteiger partial charge in [0.25, 0.3) is 0 Å². The van der Waals surface area contributed by atoms with E-state index in [-0.39, 0.29) is 6.04 Å². The number of aromatic nitrogens is 1. The Morgan fingerprint density at radius 2 is 1.89 bits per heavy atom. The van der Waals surface area contributed by atoms with Crippen molar-refractivity contribution < 1.29 is 0 Å². The first kappa shape index (κ1) is 12.9. The number of nitrogens with zero attached hydrogens (tertiary/aromatic N) is 1. The Balaban J connectivity index is 1.72. The van der Waals surface area contributed by atoms with Crippen LogP contribution in [0.25, 0.3) is 0 Å². The third kappa shape index (κ3) is 3.74. The number of aryl methyl sites for hydroxylation is 2. The molecule has 0 spiro atoms. The molecule has 0 bridgehead atoms. The molecule has 0 fully saturated rings. The highest BCUT2D eigenvalue weighted by Gasteiger charge is 2.01. The molecule has 0 aliphatic heterocycles. The van der Waals surface area contributed by atoms with E-state index in [1.54, 1.807) is 0 Å². The summed E-state index contributed by atoms with van der Waals surface area (Å²) >= 11 is 0. The molecule has 1 atom stereocenters. The van der Waals surface area contributed by atoms with Crippen LogP contribution in [0, 0.1) is 0 Å². The highest BCUT2D eigenvalue weighted by Crippen LogP contribution is 2.11. The van der Waals surface area contributed by atoms with Gasteiger partial charge in [0.2, 0.25) is 0 Å². The van der Waals surface area contributed by atoms with Crippen LogP contribution in [0.1, 0.15) is 36.9 Å². The van der Waals surface area contributed by atoms with Crippen LogP contribution >= 0.6 is 0 Å². The van der Waals surface area contributed by atoms with Crippen LogP contribution in [0.2, 0.25) is 0 Å². The van der Waals surface area contributed by atoms with Crippen LogP contribution in [0.4, 0.5) is 0 Å². The van der Waals surface area contributed by atoms with Gasteiger partial charge in [0.1, 0.15) is 0 Å². The molecule has 0 saturated carbocycles. The van der Waals surface area contributed by atoms with Crippen molar-refractivity contribution in [3.8, 4) is 0 Å². The summed E-state index contributed by atoms with van der Waals surface area (Å²) in [5.74, 6) is 0. The lowest BCUT2D eigenvalue weighted by molar-refractivity contribution is 0.609. The number of rotatable bonds is 6. The van der Waals surface area contributed by atoms with Gasteiger partial charge in [0, 0.05) is 25.0 Å². The molecule has 96 valence electrons. The first-order chi connectivity index (χ1) is 8.75. The standard InChI is InChI=1S/C16H22N2/c1-14(17)16-10-12-18(13-16)11-6-5-9-15-7-3-2-4-8-15/h2-4,7-8,10,12-14H,5-6,9,11,17H2,1H3. The molecule has 2 aromatic rings. The predicted molar refractivity (Wildman–Crippen MR) is 76.4 cm³/mol. The fourth-order valence-electron chi connectivity index (χ4n) is 2.14. The molecule has 0 amide bonds. The first-order valence-electron chi connectivity index (χ1n) is 6.71. The summed E-state index contributed by atoms with van der Waals surface area (Å²) in [5.41, 5.74) is 8.50. The largest absolute Gasteiger partial charge is 0.354 e. The Morgan fingerprint density at radius 1 is 1.11 bits per heavy atom. The molecule has 0 aliphatic carbocycles. The lowest BCUT2D eigenvalue weighted by Crippen LogP contribution is -2.03. The summed E-state index contributed by atoms with van der Waals surface area (Å²) in [6, 6.07) is 12.9. The highest BCUT2D eigenvalue weighted by molar-refractivity contribution is 5.15. The quantitative estimate of drug-likeness (QED) is 0.772. The van der Waals surface area contributed by atoms with Crippen molar-refractivity contribution in [2.75, 3.05) is 0 Å². The van der Waals surface area contributed by atoms with Crippen molar-refractivity contribution in [1.29, 1.82) is 0 Å². The van der Waals surface area contributed by atoms with Crippen LogP contribution in [0.15, 0.2) is 48.8 Å². The number of hydrogen-bond donors (Lipinski definition) is 1. The van der Waals surface area contributed by atoms with Gasteiger partial charge in [-0.1, -0.05) is 30.3 Å². The van der Waals surface area contributed by atoms with Crippen molar-refractivity contribution in [2.45, 2.75) is 38.8 Å². The zero-order valence-electron chi connectivity index (χ0n) is 11.0. The molecule has 1 aromatic carbocycles. The Morgan fingerprint density at radius 3 is 2.56 bits per heavy atom. The van der Waals surface area contributed by atoms with Crippen molar-refractivity contribution in [3.05, 3.63) is 59.9 Å². The Hall–Kier alpha value is -1.54. The second-order valence-corrected chi connectivity index (χ2v) is 4.91. The van der Waals surface area contributed by atoms with Crippen LogP contribution in [0.5, 0.6) is 0 Å². The predicted octanol–water partition coefficient (Wildman–Crippen LogP) is 3.53. The molecule has 0 saturated heterocycles. The van der Waals surface area contributed by atoms with Gasteiger partial charge < -0.3 is 10.3 Å². The molecule has 1 heterocycles. The van der Waals surface area contributed by atoms with Gasteiger partial charge in [-0.3, -0.25) is 0 Å². The Kier molecular flexibility index (Phi) is 4.59. The summed E-state index contributed by atoms with van der Waals surface area (Å²) in [6.07, 6.45) is 7.90. The number of nitrogens with two attached hydrogens (primary N) is 1. The lowest BCUT2D eigenvalue weighted by atomic mass is 10.1. The van der Waals surface area contributed by atoms with Crippen molar-refractivity contribution in [1.82, 2.24) is 4.57 Å². The first-order valence-corrected chi connectivity index (χ1v) is 6.71. The van der Waals surface area contributed by atoms with Crippen molar-refractivity contribution in [2.24, 2.45) is 5.73 Å². The molecule has 2 nitrogen and oxygen atoms in total. The van der Waals surface area contributed by atoms with Gasteiger partial charge >= 0.3 is 0 Å². The maximum Gasteiger partial charge on any atom is 0.0281 e. The average Bonchev–Trinajstić information content (AvgIpc) is 2.85. The fraction of sp³-hybridized carbons (Fsp3) is 0.375. The minimum Gasteiger partial charge on any atom is -0.354 e.